The molecule has 130 valence electrons. The Morgan fingerprint density at radius 2 is 1.96 bits per heavy atom. The smallest absolute Gasteiger partial charge is 0.244 e. The number of carbonyl (C=O) groups excluding carboxylic acids is 1. The number of rotatable bonds is 7. The summed E-state index contributed by atoms with van der Waals surface area (Å²) in [6.07, 6.45) is -0.399. The topological polar surface area (TPSA) is 102 Å². The van der Waals surface area contributed by atoms with Gasteiger partial charge in [-0.1, -0.05) is 0 Å². The van der Waals surface area contributed by atoms with Crippen molar-refractivity contribution in [2.75, 3.05) is 14.2 Å². The van der Waals surface area contributed by atoms with E-state index in [0.29, 0.717) is 11.3 Å². The van der Waals surface area contributed by atoms with Gasteiger partial charge in [-0.25, -0.2) is 13.9 Å². The molecular formula is C15H17NO6S2. The second-order valence-electron chi connectivity index (χ2n) is 4.85. The molecule has 1 aromatic carbocycles. The minimum Gasteiger partial charge on any atom is -0.493 e. The minimum absolute atomic E-state index is 0.00193. The first-order valence-electron chi connectivity index (χ1n) is 6.85. The SMILES string of the molecule is COc1ccc(S(=O)(=O)C(CC(=O)NO)c2ccsc2)cc1OC. The van der Waals surface area contributed by atoms with Gasteiger partial charge in [-0.05, 0) is 34.5 Å². The molecule has 2 rings (SSSR count). The maximum Gasteiger partial charge on any atom is 0.244 e. The van der Waals surface area contributed by atoms with Crippen molar-refractivity contribution in [3.05, 3.63) is 40.6 Å². The van der Waals surface area contributed by atoms with Crippen LogP contribution in [0.4, 0.5) is 0 Å². The fraction of sp³-hybridized carbons (Fsp3) is 0.267. The van der Waals surface area contributed by atoms with Crippen LogP contribution >= 0.6 is 11.3 Å². The lowest BCUT2D eigenvalue weighted by molar-refractivity contribution is -0.129. The molecule has 1 amide bonds. The van der Waals surface area contributed by atoms with Crippen LogP contribution in [0.1, 0.15) is 17.2 Å². The average molecular weight is 371 g/mol. The molecule has 1 heterocycles. The van der Waals surface area contributed by atoms with Crippen LogP contribution in [-0.4, -0.2) is 33.8 Å². The molecule has 0 bridgehead atoms. The fourth-order valence-electron chi connectivity index (χ4n) is 2.24. The van der Waals surface area contributed by atoms with Crippen molar-refractivity contribution in [3.63, 3.8) is 0 Å². The molecule has 0 radical (unpaired) electrons. The van der Waals surface area contributed by atoms with Gasteiger partial charge in [-0.15, -0.1) is 0 Å². The van der Waals surface area contributed by atoms with Gasteiger partial charge >= 0.3 is 0 Å². The van der Waals surface area contributed by atoms with Crippen LogP contribution < -0.4 is 15.0 Å². The molecule has 0 saturated heterocycles. The summed E-state index contributed by atoms with van der Waals surface area (Å²) in [6.45, 7) is 0. The zero-order chi connectivity index (χ0) is 17.7. The van der Waals surface area contributed by atoms with E-state index in [1.807, 2.05) is 0 Å². The summed E-state index contributed by atoms with van der Waals surface area (Å²) in [4.78, 5) is 11.6. The summed E-state index contributed by atoms with van der Waals surface area (Å²) in [5.41, 5.74) is 1.96. The number of hydrogen-bond donors (Lipinski definition) is 2. The summed E-state index contributed by atoms with van der Waals surface area (Å²) >= 11 is 1.32. The van der Waals surface area contributed by atoms with Gasteiger partial charge in [0.15, 0.2) is 21.3 Å². The van der Waals surface area contributed by atoms with Crippen molar-refractivity contribution in [1.29, 1.82) is 0 Å². The van der Waals surface area contributed by atoms with Gasteiger partial charge < -0.3 is 9.47 Å². The van der Waals surface area contributed by atoms with Crippen molar-refractivity contribution in [1.82, 2.24) is 5.48 Å². The Kier molecular flexibility index (Phi) is 5.81. The Balaban J connectivity index is 2.50. The predicted molar refractivity (Wildman–Crippen MR) is 88.3 cm³/mol. The number of amides is 1. The van der Waals surface area contributed by atoms with Gasteiger partial charge in [0, 0.05) is 6.07 Å². The quantitative estimate of drug-likeness (QED) is 0.571. The zero-order valence-electron chi connectivity index (χ0n) is 13.1. The van der Waals surface area contributed by atoms with Gasteiger partial charge in [0.1, 0.15) is 5.25 Å². The number of ether oxygens (including phenoxy) is 2. The van der Waals surface area contributed by atoms with Gasteiger partial charge in [0.05, 0.1) is 25.5 Å². The van der Waals surface area contributed by atoms with E-state index in [1.165, 1.54) is 49.2 Å². The molecule has 2 aromatic rings. The first kappa shape index (κ1) is 18.2. The Hall–Kier alpha value is -2.10. The zero-order valence-corrected chi connectivity index (χ0v) is 14.7. The van der Waals surface area contributed by atoms with Crippen LogP contribution in [0.2, 0.25) is 0 Å². The normalized spacial score (nSPS) is 12.5. The number of hydroxylamine groups is 1. The van der Waals surface area contributed by atoms with E-state index >= 15 is 0 Å². The predicted octanol–water partition coefficient (Wildman–Crippen LogP) is 2.18. The largest absolute Gasteiger partial charge is 0.493 e. The number of methoxy groups -OCH3 is 2. The van der Waals surface area contributed by atoms with Gasteiger partial charge in [0.25, 0.3) is 0 Å². The number of thiophene rings is 1. The van der Waals surface area contributed by atoms with Gasteiger partial charge in [-0.3, -0.25) is 10.0 Å². The van der Waals surface area contributed by atoms with Crippen molar-refractivity contribution >= 4 is 27.1 Å². The third-order valence-corrected chi connectivity index (χ3v) is 6.27. The van der Waals surface area contributed by atoms with Gasteiger partial charge in [-0.2, -0.15) is 11.3 Å². The molecular weight excluding hydrogens is 354 g/mol. The molecule has 7 nitrogen and oxygen atoms in total. The highest BCUT2D eigenvalue weighted by molar-refractivity contribution is 7.91. The van der Waals surface area contributed by atoms with Crippen molar-refractivity contribution in [2.24, 2.45) is 0 Å². The lowest BCUT2D eigenvalue weighted by Gasteiger charge is -2.17. The first-order valence-corrected chi connectivity index (χ1v) is 9.34. The number of benzene rings is 1. The molecule has 9 heteroatoms. The molecule has 1 unspecified atom stereocenters. The third-order valence-electron chi connectivity index (χ3n) is 3.47. The van der Waals surface area contributed by atoms with E-state index < -0.39 is 27.4 Å². The van der Waals surface area contributed by atoms with E-state index in [2.05, 4.69) is 0 Å². The van der Waals surface area contributed by atoms with E-state index in [9.17, 15) is 13.2 Å². The summed E-state index contributed by atoms with van der Waals surface area (Å²) < 4.78 is 36.2. The number of carbonyl (C=O) groups is 1. The Bertz CT molecular complexity index is 801. The van der Waals surface area contributed by atoms with Crippen LogP contribution in [0.25, 0.3) is 0 Å². The Morgan fingerprint density at radius 1 is 1.25 bits per heavy atom. The Morgan fingerprint density at radius 3 is 2.50 bits per heavy atom. The van der Waals surface area contributed by atoms with E-state index in [0.717, 1.165) is 0 Å². The van der Waals surface area contributed by atoms with Crippen LogP contribution in [-0.2, 0) is 14.6 Å². The average Bonchev–Trinajstić information content (AvgIpc) is 3.12. The molecule has 24 heavy (non-hydrogen) atoms. The molecule has 0 fully saturated rings. The second kappa shape index (κ2) is 7.65. The van der Waals surface area contributed by atoms with E-state index in [1.54, 1.807) is 16.8 Å². The van der Waals surface area contributed by atoms with Crippen molar-refractivity contribution in [2.45, 2.75) is 16.6 Å². The van der Waals surface area contributed by atoms with Crippen molar-refractivity contribution < 1.29 is 27.9 Å². The van der Waals surface area contributed by atoms with Crippen molar-refractivity contribution in [3.8, 4) is 11.5 Å². The van der Waals surface area contributed by atoms with Crippen LogP contribution in [0.3, 0.4) is 0 Å². The molecule has 0 saturated carbocycles. The summed E-state index contributed by atoms with van der Waals surface area (Å²) in [5, 5.41) is 11.0. The fourth-order valence-corrected chi connectivity index (χ4v) is 4.77. The number of hydrogen-bond acceptors (Lipinski definition) is 7. The summed E-state index contributed by atoms with van der Waals surface area (Å²) in [6, 6.07) is 5.87. The third kappa shape index (κ3) is 3.69. The lowest BCUT2D eigenvalue weighted by atomic mass is 10.2. The maximum absolute atomic E-state index is 13.0. The van der Waals surface area contributed by atoms with Crippen LogP contribution in [0, 0.1) is 0 Å². The highest BCUT2D eigenvalue weighted by Gasteiger charge is 2.32. The maximum atomic E-state index is 13.0. The number of nitrogens with one attached hydrogen (secondary N) is 1. The molecule has 1 atom stereocenters. The van der Waals surface area contributed by atoms with E-state index in [4.69, 9.17) is 14.7 Å². The van der Waals surface area contributed by atoms with Crippen LogP contribution in [0.5, 0.6) is 11.5 Å². The summed E-state index contributed by atoms with van der Waals surface area (Å²) in [5.74, 6) is -0.110. The minimum atomic E-state index is -3.89. The second-order valence-corrected chi connectivity index (χ2v) is 7.76. The molecule has 0 spiro atoms. The monoisotopic (exact) mass is 371 g/mol. The molecule has 0 aliphatic heterocycles. The first-order chi connectivity index (χ1) is 11.4. The highest BCUT2D eigenvalue weighted by atomic mass is 32.2. The lowest BCUT2D eigenvalue weighted by Crippen LogP contribution is -2.25. The molecule has 1 aromatic heterocycles. The molecule has 0 aliphatic carbocycles. The van der Waals surface area contributed by atoms with Gasteiger partial charge in [0.2, 0.25) is 5.91 Å². The van der Waals surface area contributed by atoms with Crippen LogP contribution in [0.15, 0.2) is 39.9 Å². The van der Waals surface area contributed by atoms with E-state index in [-0.39, 0.29) is 10.6 Å². The summed E-state index contributed by atoms with van der Waals surface area (Å²) in [7, 11) is -1.03. The molecule has 0 aliphatic rings. The molecule has 2 N–H and O–H groups in total. The number of sulfone groups is 1. The Labute approximate surface area is 143 Å². The standard InChI is InChI=1S/C15H17NO6S2/c1-21-12-4-3-11(7-13(12)22-2)24(19,20)14(8-15(17)16-18)10-5-6-23-9-10/h3-7,9,14,18H,8H2,1-2H3,(H,16,17). The highest BCUT2D eigenvalue weighted by Crippen LogP contribution is 2.36.